The van der Waals surface area contributed by atoms with Gasteiger partial charge in [-0.15, -0.1) is 0 Å². The molecule has 0 saturated heterocycles. The Bertz CT molecular complexity index is 1260. The van der Waals surface area contributed by atoms with Crippen LogP contribution in [0.15, 0.2) is 63.2 Å². The van der Waals surface area contributed by atoms with Crippen LogP contribution >= 0.6 is 0 Å². The maximum Gasteiger partial charge on any atom is 0.331 e. The number of aryl methyl sites for hydroxylation is 1. The lowest BCUT2D eigenvalue weighted by molar-refractivity contribution is 0.392. The van der Waals surface area contributed by atoms with Crippen molar-refractivity contribution in [3.63, 3.8) is 0 Å². The second-order valence-electron chi connectivity index (χ2n) is 7.40. The normalized spacial score (nSPS) is 15.2. The number of aromatic amines is 1. The van der Waals surface area contributed by atoms with E-state index in [-0.39, 0.29) is 18.2 Å². The monoisotopic (exact) mass is 436 g/mol. The summed E-state index contributed by atoms with van der Waals surface area (Å²) in [7, 11) is 3.15. The molecule has 166 valence electrons. The van der Waals surface area contributed by atoms with Gasteiger partial charge in [-0.2, -0.15) is 5.10 Å². The zero-order valence-corrected chi connectivity index (χ0v) is 17.8. The van der Waals surface area contributed by atoms with E-state index in [1.807, 2.05) is 36.4 Å². The van der Waals surface area contributed by atoms with Crippen LogP contribution in [0.25, 0.3) is 0 Å². The number of nitrogens with one attached hydrogen (secondary N) is 2. The zero-order chi connectivity index (χ0) is 22.7. The molecule has 2 heterocycles. The molecule has 0 unspecified atom stereocenters. The quantitative estimate of drug-likeness (QED) is 0.521. The molecule has 9 heteroatoms. The number of rotatable bonds is 7. The van der Waals surface area contributed by atoms with Gasteiger partial charge in [-0.1, -0.05) is 30.3 Å². The van der Waals surface area contributed by atoms with Gasteiger partial charge in [-0.05, 0) is 30.2 Å². The predicted octanol–water partition coefficient (Wildman–Crippen LogP) is 1.94. The predicted molar refractivity (Wildman–Crippen MR) is 120 cm³/mol. The lowest BCUT2D eigenvalue weighted by Gasteiger charge is -2.16. The topological polar surface area (TPSA) is 118 Å². The summed E-state index contributed by atoms with van der Waals surface area (Å²) in [5.74, 6) is 0.908. The fraction of sp³-hybridized carbons (Fsp3) is 0.261. The Kier molecular flexibility index (Phi) is 5.98. The van der Waals surface area contributed by atoms with Gasteiger partial charge in [0.05, 0.1) is 26.0 Å². The Balaban J connectivity index is 1.62. The van der Waals surface area contributed by atoms with Crippen LogP contribution < -0.4 is 26.1 Å². The van der Waals surface area contributed by atoms with Crippen molar-refractivity contribution in [2.24, 2.45) is 5.10 Å². The first-order chi connectivity index (χ1) is 15.5. The summed E-state index contributed by atoms with van der Waals surface area (Å²) in [4.78, 5) is 27.2. The summed E-state index contributed by atoms with van der Waals surface area (Å²) >= 11 is 0. The highest BCUT2D eigenvalue weighted by molar-refractivity contribution is 6.03. The van der Waals surface area contributed by atoms with E-state index in [0.29, 0.717) is 30.1 Å². The summed E-state index contributed by atoms with van der Waals surface area (Å²) in [5, 5.41) is 15.1. The molecule has 3 N–H and O–H groups in total. The van der Waals surface area contributed by atoms with E-state index in [4.69, 9.17) is 9.47 Å². The fourth-order valence-electron chi connectivity index (χ4n) is 3.80. The minimum Gasteiger partial charge on any atom is -0.497 e. The number of aromatic nitrogens is 2. The average molecular weight is 436 g/mol. The molecule has 32 heavy (non-hydrogen) atoms. The first kappa shape index (κ1) is 21.2. The first-order valence-corrected chi connectivity index (χ1v) is 10.2. The van der Waals surface area contributed by atoms with Gasteiger partial charge in [0.25, 0.3) is 5.56 Å². The number of benzene rings is 2. The number of methoxy groups -OCH3 is 2. The molecule has 9 nitrogen and oxygen atoms in total. The van der Waals surface area contributed by atoms with Crippen molar-refractivity contribution in [2.45, 2.75) is 25.4 Å². The summed E-state index contributed by atoms with van der Waals surface area (Å²) in [6, 6.07) is 14.7. The second kappa shape index (κ2) is 9.01. The number of ether oxygens (including phenoxy) is 2. The van der Waals surface area contributed by atoms with E-state index in [1.165, 1.54) is 0 Å². The molecule has 4 rings (SSSR count). The maximum absolute atomic E-state index is 12.6. The molecule has 1 atom stereocenters. The molecule has 0 spiro atoms. The van der Waals surface area contributed by atoms with Crippen LogP contribution in [0.2, 0.25) is 0 Å². The lowest BCUT2D eigenvalue weighted by Crippen LogP contribution is -2.34. The standard InChI is InChI=1S/C23H24N4O5/c1-31-15-8-9-19(32-2)16(12-15)17-13-18(26-25-17)20-21(28)24-23(30)27(22(20)29)11-10-14-6-4-3-5-7-14/h3-9,12,17,25,29H,10-11,13H2,1-2H3,(H,24,28,30)/t17-/m1/s1. The number of aromatic hydroxyl groups is 1. The van der Waals surface area contributed by atoms with Crippen LogP contribution in [-0.4, -0.2) is 34.6 Å². The molecule has 0 radical (unpaired) electrons. The smallest absolute Gasteiger partial charge is 0.331 e. The van der Waals surface area contributed by atoms with E-state index in [0.717, 1.165) is 15.7 Å². The average Bonchev–Trinajstić information content (AvgIpc) is 3.28. The third-order valence-corrected chi connectivity index (χ3v) is 5.49. The zero-order valence-electron chi connectivity index (χ0n) is 17.8. The molecule has 1 aliphatic heterocycles. The Morgan fingerprint density at radius 2 is 1.91 bits per heavy atom. The highest BCUT2D eigenvalue weighted by atomic mass is 16.5. The number of hydrazone groups is 1. The first-order valence-electron chi connectivity index (χ1n) is 10.2. The highest BCUT2D eigenvalue weighted by Crippen LogP contribution is 2.34. The van der Waals surface area contributed by atoms with Gasteiger partial charge in [-0.3, -0.25) is 14.3 Å². The van der Waals surface area contributed by atoms with Gasteiger partial charge >= 0.3 is 5.69 Å². The van der Waals surface area contributed by atoms with Crippen molar-refractivity contribution in [1.82, 2.24) is 15.0 Å². The minimum atomic E-state index is -0.678. The number of hydrogen-bond acceptors (Lipinski definition) is 7. The molecule has 0 bridgehead atoms. The van der Waals surface area contributed by atoms with Gasteiger partial charge in [0.15, 0.2) is 0 Å². The van der Waals surface area contributed by atoms with Gasteiger partial charge < -0.3 is 20.0 Å². The third-order valence-electron chi connectivity index (χ3n) is 5.49. The van der Waals surface area contributed by atoms with Crippen molar-refractivity contribution < 1.29 is 14.6 Å². The fourth-order valence-corrected chi connectivity index (χ4v) is 3.80. The molecule has 1 aromatic heterocycles. The van der Waals surface area contributed by atoms with Gasteiger partial charge in [0.1, 0.15) is 17.1 Å². The Hall–Kier alpha value is -4.01. The van der Waals surface area contributed by atoms with Crippen LogP contribution in [0.3, 0.4) is 0 Å². The molecular weight excluding hydrogens is 412 g/mol. The molecular formula is C23H24N4O5. The molecule has 0 aliphatic carbocycles. The molecule has 3 aromatic rings. The van der Waals surface area contributed by atoms with Crippen molar-refractivity contribution in [2.75, 3.05) is 14.2 Å². The number of hydrogen-bond donors (Lipinski definition) is 3. The number of nitrogens with zero attached hydrogens (tertiary/aromatic N) is 2. The van der Waals surface area contributed by atoms with Crippen molar-refractivity contribution in [3.05, 3.63) is 86.1 Å². The van der Waals surface area contributed by atoms with Gasteiger partial charge in [-0.25, -0.2) is 4.79 Å². The van der Waals surface area contributed by atoms with Crippen molar-refractivity contribution in [3.8, 4) is 17.4 Å². The van der Waals surface area contributed by atoms with Crippen LogP contribution in [-0.2, 0) is 13.0 Å². The van der Waals surface area contributed by atoms with Gasteiger partial charge in [0.2, 0.25) is 5.88 Å². The molecule has 0 amide bonds. The molecule has 0 saturated carbocycles. The Labute approximate surface area is 184 Å². The lowest BCUT2D eigenvalue weighted by atomic mass is 9.99. The number of H-pyrrole nitrogens is 1. The molecule has 0 fully saturated rings. The second-order valence-corrected chi connectivity index (χ2v) is 7.40. The van der Waals surface area contributed by atoms with Crippen molar-refractivity contribution in [1.29, 1.82) is 0 Å². The van der Waals surface area contributed by atoms with E-state index in [2.05, 4.69) is 15.5 Å². The van der Waals surface area contributed by atoms with E-state index in [9.17, 15) is 14.7 Å². The molecule has 1 aliphatic rings. The Morgan fingerprint density at radius 3 is 2.62 bits per heavy atom. The van der Waals surface area contributed by atoms with Crippen LogP contribution in [0, 0.1) is 0 Å². The minimum absolute atomic E-state index is 0.0190. The van der Waals surface area contributed by atoms with E-state index in [1.54, 1.807) is 26.4 Å². The largest absolute Gasteiger partial charge is 0.497 e. The van der Waals surface area contributed by atoms with Crippen LogP contribution in [0.1, 0.15) is 29.2 Å². The van der Waals surface area contributed by atoms with E-state index >= 15 is 0 Å². The maximum atomic E-state index is 12.6. The Morgan fingerprint density at radius 1 is 1.12 bits per heavy atom. The molecule has 2 aromatic carbocycles. The SMILES string of the molecule is COc1ccc(OC)c([C@H]2CC(c3c(O)n(CCc4ccccc4)c(=O)[nH]c3=O)=NN2)c1. The summed E-state index contributed by atoms with van der Waals surface area (Å²) in [5.41, 5.74) is 3.80. The van der Waals surface area contributed by atoms with Crippen molar-refractivity contribution >= 4 is 5.71 Å². The highest BCUT2D eigenvalue weighted by Gasteiger charge is 2.29. The van der Waals surface area contributed by atoms with Crippen LogP contribution in [0.5, 0.6) is 17.4 Å². The van der Waals surface area contributed by atoms with E-state index < -0.39 is 17.1 Å². The summed E-state index contributed by atoms with van der Waals surface area (Å²) < 4.78 is 11.9. The summed E-state index contributed by atoms with van der Waals surface area (Å²) in [6.07, 6.45) is 0.838. The summed E-state index contributed by atoms with van der Waals surface area (Å²) in [6.45, 7) is 0.215. The van der Waals surface area contributed by atoms with Crippen LogP contribution in [0.4, 0.5) is 0 Å². The third kappa shape index (κ3) is 4.09. The van der Waals surface area contributed by atoms with Gasteiger partial charge in [0, 0.05) is 18.5 Å².